The highest BCUT2D eigenvalue weighted by molar-refractivity contribution is 7.12. The molecule has 1 aliphatic rings. The molecule has 1 aromatic carbocycles. The Morgan fingerprint density at radius 3 is 2.48 bits per heavy atom. The van der Waals surface area contributed by atoms with Crippen molar-refractivity contribution in [3.8, 4) is 0 Å². The van der Waals surface area contributed by atoms with Crippen LogP contribution in [0.1, 0.15) is 33.6 Å². The van der Waals surface area contributed by atoms with E-state index in [1.165, 1.54) is 4.88 Å². The molecule has 1 saturated heterocycles. The zero-order chi connectivity index (χ0) is 15.0. The van der Waals surface area contributed by atoms with Crippen molar-refractivity contribution < 1.29 is 9.59 Å². The fourth-order valence-corrected chi connectivity index (χ4v) is 3.88. The van der Waals surface area contributed by atoms with E-state index < -0.39 is 0 Å². The Kier molecular flexibility index (Phi) is 3.83. The second-order valence-corrected chi connectivity index (χ2v) is 6.96. The zero-order valence-electron chi connectivity index (χ0n) is 11.4. The van der Waals surface area contributed by atoms with Crippen LogP contribution in [0.25, 0.3) is 0 Å². The molecule has 0 bridgehead atoms. The van der Waals surface area contributed by atoms with Crippen LogP contribution < -0.4 is 5.32 Å². The second kappa shape index (κ2) is 5.62. The van der Waals surface area contributed by atoms with Gasteiger partial charge >= 0.3 is 0 Å². The number of hydrogen-bond acceptors (Lipinski definition) is 3. The Labute approximate surface area is 131 Å². The average molecular weight is 320 g/mol. The van der Waals surface area contributed by atoms with E-state index >= 15 is 0 Å². The maximum absolute atomic E-state index is 12.3. The monoisotopic (exact) mass is 319 g/mol. The zero-order valence-corrected chi connectivity index (χ0v) is 13.0. The van der Waals surface area contributed by atoms with Crippen LogP contribution in [0, 0.1) is 6.92 Å². The van der Waals surface area contributed by atoms with E-state index in [-0.39, 0.29) is 23.7 Å². The maximum atomic E-state index is 12.3. The summed E-state index contributed by atoms with van der Waals surface area (Å²) in [5.41, 5.74) is 0.889. The van der Waals surface area contributed by atoms with Crippen molar-refractivity contribution >= 4 is 34.8 Å². The molecule has 3 nitrogen and oxygen atoms in total. The van der Waals surface area contributed by atoms with Gasteiger partial charge in [0.15, 0.2) is 0 Å². The summed E-state index contributed by atoms with van der Waals surface area (Å²) in [5.74, 6) is -0.893. The highest BCUT2D eigenvalue weighted by atomic mass is 35.5. The number of nitrogens with one attached hydrogen (secondary N) is 1. The summed E-state index contributed by atoms with van der Waals surface area (Å²) >= 11 is 7.56. The number of carbonyl (C=O) groups is 2. The molecule has 2 amide bonds. The van der Waals surface area contributed by atoms with Crippen molar-refractivity contribution in [3.05, 3.63) is 56.7 Å². The average Bonchev–Trinajstić information content (AvgIpc) is 2.86. The first-order valence-electron chi connectivity index (χ1n) is 6.70. The largest absolute Gasteiger partial charge is 0.296 e. The van der Waals surface area contributed by atoms with E-state index in [0.29, 0.717) is 11.4 Å². The lowest BCUT2D eigenvalue weighted by Gasteiger charge is -2.29. The van der Waals surface area contributed by atoms with E-state index in [1.54, 1.807) is 23.5 Å². The number of carbonyl (C=O) groups excluding carboxylic acids is 2. The minimum absolute atomic E-state index is 0.105. The first-order chi connectivity index (χ1) is 10.0. The van der Waals surface area contributed by atoms with Crippen LogP contribution in [0.2, 0.25) is 5.02 Å². The third kappa shape index (κ3) is 2.87. The standard InChI is InChI=1S/C16H14ClNO2S/c1-9-2-7-13(21-9)12-8-14(19)18-16(20)15(12)10-3-5-11(17)6-4-10/h2-7,12,15H,8H2,1H3,(H,18,19,20). The number of thiophene rings is 1. The molecule has 2 atom stereocenters. The third-order valence-electron chi connectivity index (χ3n) is 3.71. The van der Waals surface area contributed by atoms with E-state index in [9.17, 15) is 9.59 Å². The van der Waals surface area contributed by atoms with Gasteiger partial charge in [-0.05, 0) is 36.8 Å². The van der Waals surface area contributed by atoms with Crippen LogP contribution in [0.5, 0.6) is 0 Å². The molecular formula is C16H14ClNO2S. The van der Waals surface area contributed by atoms with Gasteiger partial charge in [-0.15, -0.1) is 11.3 Å². The lowest BCUT2D eigenvalue weighted by atomic mass is 9.79. The fraction of sp³-hybridized carbons (Fsp3) is 0.250. The number of aryl methyl sites for hydroxylation is 1. The Morgan fingerprint density at radius 2 is 1.86 bits per heavy atom. The lowest BCUT2D eigenvalue weighted by molar-refractivity contribution is -0.135. The molecule has 1 aromatic heterocycles. The summed E-state index contributed by atoms with van der Waals surface area (Å²) in [6.45, 7) is 2.02. The number of imide groups is 1. The molecule has 5 heteroatoms. The van der Waals surface area contributed by atoms with Crippen LogP contribution in [-0.2, 0) is 9.59 Å². The maximum Gasteiger partial charge on any atom is 0.234 e. The number of halogens is 1. The number of amides is 2. The molecule has 0 radical (unpaired) electrons. The number of hydrogen-bond donors (Lipinski definition) is 1. The summed E-state index contributed by atoms with van der Waals surface area (Å²) in [5, 5.41) is 3.08. The topological polar surface area (TPSA) is 46.2 Å². The van der Waals surface area contributed by atoms with Gasteiger partial charge in [0, 0.05) is 27.1 Å². The Hall–Kier alpha value is -1.65. The van der Waals surface area contributed by atoms with Gasteiger partial charge in [0.1, 0.15) is 0 Å². The van der Waals surface area contributed by atoms with Gasteiger partial charge in [0.2, 0.25) is 11.8 Å². The predicted molar refractivity (Wildman–Crippen MR) is 83.8 cm³/mol. The first-order valence-corrected chi connectivity index (χ1v) is 7.89. The van der Waals surface area contributed by atoms with Gasteiger partial charge in [0.25, 0.3) is 0 Å². The number of rotatable bonds is 2. The lowest BCUT2D eigenvalue weighted by Crippen LogP contribution is -2.43. The minimum atomic E-state index is -0.349. The molecule has 2 aromatic rings. The normalized spacial score (nSPS) is 22.2. The molecule has 1 N–H and O–H groups in total. The Balaban J connectivity index is 2.02. The van der Waals surface area contributed by atoms with E-state index in [1.807, 2.05) is 31.2 Å². The van der Waals surface area contributed by atoms with Crippen molar-refractivity contribution in [2.24, 2.45) is 0 Å². The highest BCUT2D eigenvalue weighted by Gasteiger charge is 2.38. The molecule has 2 heterocycles. The predicted octanol–water partition coefficient (Wildman–Crippen LogP) is 3.62. The molecule has 0 spiro atoms. The third-order valence-corrected chi connectivity index (χ3v) is 5.09. The molecule has 1 fully saturated rings. The smallest absolute Gasteiger partial charge is 0.234 e. The van der Waals surface area contributed by atoms with Crippen LogP contribution in [0.3, 0.4) is 0 Å². The van der Waals surface area contributed by atoms with Crippen molar-refractivity contribution in [1.29, 1.82) is 0 Å². The summed E-state index contributed by atoms with van der Waals surface area (Å²) in [6.07, 6.45) is 0.332. The number of piperidine rings is 1. The molecule has 0 saturated carbocycles. The summed E-state index contributed by atoms with van der Waals surface area (Å²) in [4.78, 5) is 26.3. The van der Waals surface area contributed by atoms with Crippen molar-refractivity contribution in [2.45, 2.75) is 25.2 Å². The molecule has 3 rings (SSSR count). The molecule has 108 valence electrons. The van der Waals surface area contributed by atoms with Gasteiger partial charge in [-0.1, -0.05) is 23.7 Å². The first kappa shape index (κ1) is 14.3. The molecular weight excluding hydrogens is 306 g/mol. The van der Waals surface area contributed by atoms with Gasteiger partial charge < -0.3 is 0 Å². The van der Waals surface area contributed by atoms with Crippen molar-refractivity contribution in [2.75, 3.05) is 0 Å². The van der Waals surface area contributed by atoms with Crippen molar-refractivity contribution in [1.82, 2.24) is 5.32 Å². The van der Waals surface area contributed by atoms with Crippen LogP contribution in [0.4, 0.5) is 0 Å². The highest BCUT2D eigenvalue weighted by Crippen LogP contribution is 2.41. The van der Waals surface area contributed by atoms with Gasteiger partial charge in [-0.3, -0.25) is 14.9 Å². The summed E-state index contributed by atoms with van der Waals surface area (Å²) in [6, 6.07) is 11.3. The van der Waals surface area contributed by atoms with Gasteiger partial charge in [-0.25, -0.2) is 0 Å². The van der Waals surface area contributed by atoms with Gasteiger partial charge in [-0.2, -0.15) is 0 Å². The summed E-state index contributed by atoms with van der Waals surface area (Å²) < 4.78 is 0. The Bertz CT molecular complexity index is 693. The van der Waals surface area contributed by atoms with Crippen molar-refractivity contribution in [3.63, 3.8) is 0 Å². The fourth-order valence-electron chi connectivity index (χ4n) is 2.74. The SMILES string of the molecule is Cc1ccc(C2CC(=O)NC(=O)C2c2ccc(Cl)cc2)s1. The quantitative estimate of drug-likeness (QED) is 0.859. The minimum Gasteiger partial charge on any atom is -0.296 e. The van der Waals surface area contributed by atoms with Crippen LogP contribution in [-0.4, -0.2) is 11.8 Å². The van der Waals surface area contributed by atoms with Crippen LogP contribution in [0.15, 0.2) is 36.4 Å². The molecule has 21 heavy (non-hydrogen) atoms. The molecule has 0 aliphatic carbocycles. The number of benzene rings is 1. The summed E-state index contributed by atoms with van der Waals surface area (Å²) in [7, 11) is 0. The Morgan fingerprint density at radius 1 is 1.14 bits per heavy atom. The van der Waals surface area contributed by atoms with E-state index in [4.69, 9.17) is 11.6 Å². The second-order valence-electron chi connectivity index (χ2n) is 5.20. The van der Waals surface area contributed by atoms with Gasteiger partial charge in [0.05, 0.1) is 5.92 Å². The molecule has 1 aliphatic heterocycles. The van der Waals surface area contributed by atoms with E-state index in [0.717, 1.165) is 10.4 Å². The van der Waals surface area contributed by atoms with Crippen LogP contribution >= 0.6 is 22.9 Å². The van der Waals surface area contributed by atoms with E-state index in [2.05, 4.69) is 5.32 Å². The molecule has 2 unspecified atom stereocenters.